The van der Waals surface area contributed by atoms with Gasteiger partial charge in [0.2, 0.25) is 0 Å². The number of aliphatic carboxylic acids is 1. The Bertz CT molecular complexity index is 683. The van der Waals surface area contributed by atoms with Crippen molar-refractivity contribution >= 4 is 11.8 Å². The van der Waals surface area contributed by atoms with Crippen LogP contribution in [0.25, 0.3) is 0 Å². The number of carboxylic acids is 1. The molecular weight excluding hydrogens is 355 g/mol. The summed E-state index contributed by atoms with van der Waals surface area (Å²) in [6.07, 6.45) is 12.6. The SMILES string of the molecule is C/C=C\CCCC(=O)O.O=C1CC(F)C(/C=C/CC2Cc3ccccc3C2)C1. The first kappa shape index (κ1) is 22.1. The molecule has 1 saturated carbocycles. The third-order valence-electron chi connectivity index (χ3n) is 5.34. The van der Waals surface area contributed by atoms with E-state index in [1.165, 1.54) is 11.1 Å². The van der Waals surface area contributed by atoms with Crippen LogP contribution >= 0.6 is 0 Å². The third kappa shape index (κ3) is 7.41. The molecule has 2 atom stereocenters. The molecule has 28 heavy (non-hydrogen) atoms. The summed E-state index contributed by atoms with van der Waals surface area (Å²) >= 11 is 0. The summed E-state index contributed by atoms with van der Waals surface area (Å²) in [5.74, 6) is -0.171. The third-order valence-corrected chi connectivity index (χ3v) is 5.34. The molecule has 1 aromatic rings. The van der Waals surface area contributed by atoms with Crippen molar-refractivity contribution in [3.05, 3.63) is 59.7 Å². The standard InChI is InChI=1S/C17H19FO.C7H12O2/c18-17-11-16(19)10-15(17)7-3-4-12-8-13-5-1-2-6-14(13)9-12;1-2-3-4-5-6-7(8)9/h1-3,5-7,12,15,17H,4,8-11H2;2-3H,4-6H2,1H3,(H,8,9)/b7-3+;3-2-. The van der Waals surface area contributed by atoms with E-state index < -0.39 is 12.1 Å². The van der Waals surface area contributed by atoms with E-state index in [-0.39, 0.29) is 24.5 Å². The molecule has 0 bridgehead atoms. The Labute approximate surface area is 167 Å². The van der Waals surface area contributed by atoms with E-state index in [9.17, 15) is 14.0 Å². The van der Waals surface area contributed by atoms with Crippen molar-refractivity contribution in [2.45, 2.75) is 64.5 Å². The monoisotopic (exact) mass is 386 g/mol. The highest BCUT2D eigenvalue weighted by atomic mass is 19.1. The van der Waals surface area contributed by atoms with Crippen LogP contribution in [-0.2, 0) is 22.4 Å². The topological polar surface area (TPSA) is 54.4 Å². The lowest BCUT2D eigenvalue weighted by atomic mass is 9.99. The zero-order valence-corrected chi connectivity index (χ0v) is 16.6. The maximum Gasteiger partial charge on any atom is 0.303 e. The highest BCUT2D eigenvalue weighted by molar-refractivity contribution is 5.81. The molecule has 4 heteroatoms. The number of carboxylic acid groups (broad SMARTS) is 1. The van der Waals surface area contributed by atoms with Crippen LogP contribution in [0, 0.1) is 11.8 Å². The molecule has 0 aliphatic heterocycles. The largest absolute Gasteiger partial charge is 0.481 e. The Hall–Kier alpha value is -2.23. The molecule has 1 aromatic carbocycles. The Balaban J connectivity index is 0.000000266. The highest BCUT2D eigenvalue weighted by Crippen LogP contribution is 2.30. The normalized spacial score (nSPS) is 21.9. The first-order valence-corrected chi connectivity index (χ1v) is 10.2. The van der Waals surface area contributed by atoms with E-state index >= 15 is 0 Å². The van der Waals surface area contributed by atoms with Gasteiger partial charge in [-0.3, -0.25) is 9.59 Å². The lowest BCUT2D eigenvalue weighted by Gasteiger charge is -2.07. The summed E-state index contributed by atoms with van der Waals surface area (Å²) in [7, 11) is 0. The molecule has 0 spiro atoms. The molecule has 1 N–H and O–H groups in total. The number of hydrogen-bond acceptors (Lipinski definition) is 2. The van der Waals surface area contributed by atoms with Crippen LogP contribution in [0.15, 0.2) is 48.6 Å². The van der Waals surface area contributed by atoms with Crippen molar-refractivity contribution < 1.29 is 19.1 Å². The second-order valence-electron chi connectivity index (χ2n) is 7.69. The van der Waals surface area contributed by atoms with Crippen LogP contribution in [-0.4, -0.2) is 23.0 Å². The van der Waals surface area contributed by atoms with Crippen LogP contribution in [0.4, 0.5) is 4.39 Å². The van der Waals surface area contributed by atoms with Crippen LogP contribution < -0.4 is 0 Å². The van der Waals surface area contributed by atoms with Crippen molar-refractivity contribution in [3.8, 4) is 0 Å². The Kier molecular flexibility index (Phi) is 9.12. The second-order valence-corrected chi connectivity index (χ2v) is 7.69. The van der Waals surface area contributed by atoms with E-state index in [1.807, 2.05) is 25.2 Å². The number of halogens is 1. The zero-order chi connectivity index (χ0) is 20.4. The number of hydrogen-bond donors (Lipinski definition) is 1. The minimum absolute atomic E-state index is 0.0652. The molecule has 0 saturated heterocycles. The van der Waals surface area contributed by atoms with Gasteiger partial charge in [-0.2, -0.15) is 0 Å². The molecule has 2 aliphatic rings. The highest BCUT2D eigenvalue weighted by Gasteiger charge is 2.31. The molecule has 0 amide bonds. The van der Waals surface area contributed by atoms with Gasteiger partial charge in [0.05, 0.1) is 0 Å². The van der Waals surface area contributed by atoms with Gasteiger partial charge < -0.3 is 5.11 Å². The van der Waals surface area contributed by atoms with Crippen molar-refractivity contribution in [3.63, 3.8) is 0 Å². The number of allylic oxidation sites excluding steroid dienone is 4. The van der Waals surface area contributed by atoms with E-state index in [4.69, 9.17) is 5.11 Å². The Morgan fingerprint density at radius 2 is 1.82 bits per heavy atom. The lowest BCUT2D eigenvalue weighted by Crippen LogP contribution is -2.04. The number of carbonyl (C=O) groups excluding carboxylic acids is 1. The molecule has 3 nitrogen and oxygen atoms in total. The number of ketones is 1. The number of unbranched alkanes of at least 4 members (excludes halogenated alkanes) is 1. The Morgan fingerprint density at radius 3 is 2.36 bits per heavy atom. The fourth-order valence-electron chi connectivity index (χ4n) is 3.83. The summed E-state index contributed by atoms with van der Waals surface area (Å²) < 4.78 is 13.5. The summed E-state index contributed by atoms with van der Waals surface area (Å²) in [5.41, 5.74) is 2.92. The average Bonchev–Trinajstić information content (AvgIpc) is 3.21. The van der Waals surface area contributed by atoms with Gasteiger partial charge in [-0.15, -0.1) is 0 Å². The summed E-state index contributed by atoms with van der Waals surface area (Å²) in [5, 5.41) is 8.19. The first-order chi connectivity index (χ1) is 13.5. The second kappa shape index (κ2) is 11.6. The van der Waals surface area contributed by atoms with Gasteiger partial charge in [0.25, 0.3) is 0 Å². The minimum atomic E-state index is -0.954. The van der Waals surface area contributed by atoms with Crippen molar-refractivity contribution in [1.29, 1.82) is 0 Å². The number of fused-ring (bicyclic) bond motifs is 1. The van der Waals surface area contributed by atoms with Crippen LogP contribution in [0.2, 0.25) is 0 Å². The molecule has 2 unspecified atom stereocenters. The van der Waals surface area contributed by atoms with Crippen molar-refractivity contribution in [2.75, 3.05) is 0 Å². The smallest absolute Gasteiger partial charge is 0.303 e. The van der Waals surface area contributed by atoms with E-state index in [2.05, 4.69) is 30.3 Å². The van der Waals surface area contributed by atoms with Crippen LogP contribution in [0.5, 0.6) is 0 Å². The van der Waals surface area contributed by atoms with Gasteiger partial charge in [0.1, 0.15) is 12.0 Å². The first-order valence-electron chi connectivity index (χ1n) is 10.2. The van der Waals surface area contributed by atoms with Gasteiger partial charge in [-0.05, 0) is 56.1 Å². The maximum absolute atomic E-state index is 13.5. The molecule has 0 aromatic heterocycles. The van der Waals surface area contributed by atoms with E-state index in [1.54, 1.807) is 0 Å². The minimum Gasteiger partial charge on any atom is -0.481 e. The van der Waals surface area contributed by atoms with Crippen molar-refractivity contribution in [2.24, 2.45) is 11.8 Å². The zero-order valence-electron chi connectivity index (χ0n) is 16.6. The molecular formula is C24H31FO3. The fraction of sp³-hybridized carbons (Fsp3) is 0.500. The summed E-state index contributed by atoms with van der Waals surface area (Å²) in [6.45, 7) is 1.93. The van der Waals surface area contributed by atoms with Crippen molar-refractivity contribution in [1.82, 2.24) is 0 Å². The molecule has 1 fully saturated rings. The average molecular weight is 387 g/mol. The number of Topliss-reactive ketones (excluding diaryl/α,β-unsaturated/α-hetero) is 1. The molecule has 0 radical (unpaired) electrons. The maximum atomic E-state index is 13.5. The molecule has 0 heterocycles. The van der Waals surface area contributed by atoms with Gasteiger partial charge in [-0.25, -0.2) is 4.39 Å². The van der Waals surface area contributed by atoms with Gasteiger partial charge in [0, 0.05) is 25.2 Å². The van der Waals surface area contributed by atoms with Gasteiger partial charge >= 0.3 is 5.97 Å². The predicted octanol–water partition coefficient (Wildman–Crippen LogP) is 5.48. The van der Waals surface area contributed by atoms with E-state index in [0.717, 1.165) is 32.1 Å². The molecule has 3 rings (SSSR count). The predicted molar refractivity (Wildman–Crippen MR) is 110 cm³/mol. The van der Waals surface area contributed by atoms with Crippen LogP contribution in [0.3, 0.4) is 0 Å². The summed E-state index contributed by atoms with van der Waals surface area (Å²) in [6, 6.07) is 8.59. The number of benzene rings is 1. The van der Waals surface area contributed by atoms with Gasteiger partial charge in [-0.1, -0.05) is 48.6 Å². The summed E-state index contributed by atoms with van der Waals surface area (Å²) in [4.78, 5) is 21.1. The number of carbonyl (C=O) groups is 2. The van der Waals surface area contributed by atoms with Crippen LogP contribution in [0.1, 0.15) is 56.6 Å². The lowest BCUT2D eigenvalue weighted by molar-refractivity contribution is -0.137. The quantitative estimate of drug-likeness (QED) is 0.498. The number of rotatable bonds is 7. The Morgan fingerprint density at radius 1 is 1.14 bits per heavy atom. The van der Waals surface area contributed by atoms with Gasteiger partial charge in [0.15, 0.2) is 0 Å². The number of alkyl halides is 1. The molecule has 2 aliphatic carbocycles. The van der Waals surface area contributed by atoms with E-state index in [0.29, 0.717) is 12.3 Å². The fourth-order valence-corrected chi connectivity index (χ4v) is 3.83. The molecule has 152 valence electrons.